The molecule has 1 saturated heterocycles. The number of hydrogen-bond donors (Lipinski definition) is 2. The van der Waals surface area contributed by atoms with Crippen LogP contribution in [0, 0.1) is 11.3 Å². The Kier molecular flexibility index (Phi) is 3.80. The molecular weight excluding hydrogens is 224 g/mol. The minimum atomic E-state index is -1.05. The van der Waals surface area contributed by atoms with Crippen molar-refractivity contribution in [3.63, 3.8) is 0 Å². The minimum Gasteiger partial charge on any atom is -0.302 e. The highest BCUT2D eigenvalue weighted by atomic mass is 32.1. The van der Waals surface area contributed by atoms with Gasteiger partial charge in [-0.1, -0.05) is 26.0 Å². The smallest absolute Gasteiger partial charge is 0.242 e. The molecule has 0 saturated carbocycles. The fourth-order valence-electron chi connectivity index (χ4n) is 1.81. The Morgan fingerprint density at radius 3 is 2.19 bits per heavy atom. The molecule has 0 atom stereocenters. The van der Waals surface area contributed by atoms with Gasteiger partial charge in [0, 0.05) is 0 Å². The van der Waals surface area contributed by atoms with E-state index in [1.54, 1.807) is 0 Å². The molecule has 0 aromatic rings. The zero-order valence-corrected chi connectivity index (χ0v) is 10.5. The van der Waals surface area contributed by atoms with Crippen LogP contribution in [0.3, 0.4) is 0 Å². The maximum absolute atomic E-state index is 12.0. The molecule has 1 fully saturated rings. The molecule has 0 bridgehead atoms. The summed E-state index contributed by atoms with van der Waals surface area (Å²) in [6.07, 6.45) is 4.05. The Morgan fingerprint density at radius 1 is 1.31 bits per heavy atom. The number of thiocarbonyl (C=S) groups is 1. The number of carbonyl (C=O) groups is 2. The predicted octanol–water partition coefficient (Wildman–Crippen LogP) is 1.13. The van der Waals surface area contributed by atoms with E-state index in [4.69, 9.17) is 12.2 Å². The summed E-state index contributed by atoms with van der Waals surface area (Å²) in [6, 6.07) is 0. The van der Waals surface area contributed by atoms with E-state index in [1.165, 1.54) is 0 Å². The minimum absolute atomic E-state index is 0.0896. The molecule has 0 aromatic heterocycles. The number of allylic oxidation sites excluding steroid dienone is 2. The fraction of sp³-hybridized carbons (Fsp3) is 0.545. The second kappa shape index (κ2) is 4.74. The Bertz CT molecular complexity index is 341. The molecule has 0 radical (unpaired) electrons. The molecule has 0 aliphatic carbocycles. The van der Waals surface area contributed by atoms with Gasteiger partial charge in [-0.15, -0.1) is 0 Å². The predicted molar refractivity (Wildman–Crippen MR) is 65.6 cm³/mol. The van der Waals surface area contributed by atoms with Crippen LogP contribution in [0.2, 0.25) is 0 Å². The van der Waals surface area contributed by atoms with Crippen LogP contribution in [0.15, 0.2) is 12.2 Å². The van der Waals surface area contributed by atoms with Gasteiger partial charge in [-0.25, -0.2) is 0 Å². The number of carbonyl (C=O) groups excluding carboxylic acids is 2. The third-order valence-corrected chi connectivity index (χ3v) is 3.13. The van der Waals surface area contributed by atoms with Crippen LogP contribution >= 0.6 is 12.2 Å². The van der Waals surface area contributed by atoms with Gasteiger partial charge in [0.2, 0.25) is 11.8 Å². The zero-order chi connectivity index (χ0) is 12.3. The lowest BCUT2D eigenvalue weighted by molar-refractivity contribution is -0.146. The molecule has 16 heavy (non-hydrogen) atoms. The summed E-state index contributed by atoms with van der Waals surface area (Å²) >= 11 is 4.78. The van der Waals surface area contributed by atoms with Gasteiger partial charge < -0.3 is 10.6 Å². The van der Waals surface area contributed by atoms with E-state index in [9.17, 15) is 9.59 Å². The van der Waals surface area contributed by atoms with Crippen molar-refractivity contribution in [2.24, 2.45) is 11.3 Å². The van der Waals surface area contributed by atoms with E-state index in [1.807, 2.05) is 32.9 Å². The highest BCUT2D eigenvalue weighted by Gasteiger charge is 2.50. The van der Waals surface area contributed by atoms with Crippen molar-refractivity contribution in [2.75, 3.05) is 0 Å². The van der Waals surface area contributed by atoms with E-state index < -0.39 is 5.41 Å². The van der Waals surface area contributed by atoms with E-state index in [0.29, 0.717) is 6.42 Å². The lowest BCUT2D eigenvalue weighted by atomic mass is 9.72. The topological polar surface area (TPSA) is 58.2 Å². The van der Waals surface area contributed by atoms with Crippen molar-refractivity contribution in [1.29, 1.82) is 0 Å². The summed E-state index contributed by atoms with van der Waals surface area (Å²) in [5, 5.41) is 5.12. The van der Waals surface area contributed by atoms with Crippen LogP contribution in [0.25, 0.3) is 0 Å². The van der Waals surface area contributed by atoms with Crippen molar-refractivity contribution in [3.05, 3.63) is 12.2 Å². The molecule has 0 spiro atoms. The van der Waals surface area contributed by atoms with Gasteiger partial charge in [-0.3, -0.25) is 9.59 Å². The first-order valence-electron chi connectivity index (χ1n) is 5.23. The molecule has 88 valence electrons. The average Bonchev–Trinajstić information content (AvgIpc) is 2.16. The number of amides is 2. The quantitative estimate of drug-likeness (QED) is 0.441. The van der Waals surface area contributed by atoms with Crippen LogP contribution in [-0.2, 0) is 9.59 Å². The van der Waals surface area contributed by atoms with Crippen LogP contribution in [0.1, 0.15) is 27.2 Å². The summed E-state index contributed by atoms with van der Waals surface area (Å²) in [5.74, 6) is -0.712. The maximum Gasteiger partial charge on any atom is 0.242 e. The van der Waals surface area contributed by atoms with E-state index in [-0.39, 0.29) is 22.8 Å². The van der Waals surface area contributed by atoms with Gasteiger partial charge in [0.05, 0.1) is 0 Å². The van der Waals surface area contributed by atoms with E-state index in [2.05, 4.69) is 10.6 Å². The average molecular weight is 240 g/mol. The highest BCUT2D eigenvalue weighted by molar-refractivity contribution is 7.80. The molecule has 4 nitrogen and oxygen atoms in total. The Hall–Kier alpha value is -1.23. The van der Waals surface area contributed by atoms with E-state index >= 15 is 0 Å². The monoisotopic (exact) mass is 240 g/mol. The highest BCUT2D eigenvalue weighted by Crippen LogP contribution is 2.34. The molecule has 1 aliphatic rings. The largest absolute Gasteiger partial charge is 0.302 e. The molecule has 5 heteroatoms. The van der Waals surface area contributed by atoms with Crippen LogP contribution in [0.5, 0.6) is 0 Å². The summed E-state index contributed by atoms with van der Waals surface area (Å²) in [6.45, 7) is 5.57. The van der Waals surface area contributed by atoms with Crippen molar-refractivity contribution in [2.45, 2.75) is 27.2 Å². The summed E-state index contributed by atoms with van der Waals surface area (Å²) in [7, 11) is 0. The van der Waals surface area contributed by atoms with Gasteiger partial charge in [-0.05, 0) is 31.5 Å². The lowest BCUT2D eigenvalue weighted by Crippen LogP contribution is -2.64. The maximum atomic E-state index is 12.0. The number of hydrogen-bond acceptors (Lipinski definition) is 3. The standard InChI is InChI=1S/C11H16N2O2S/c1-4-5-6-11(7(2)3)8(14)12-10(16)13-9(11)15/h4-5,7H,6H2,1-3H3,(H2,12,13,14,15,16). The molecule has 1 heterocycles. The first kappa shape index (κ1) is 12.8. The van der Waals surface area contributed by atoms with Gasteiger partial charge in [0.1, 0.15) is 5.41 Å². The van der Waals surface area contributed by atoms with Gasteiger partial charge in [0.25, 0.3) is 0 Å². The SMILES string of the molecule is CC=CCC1(C(C)C)C(=O)NC(=S)NC1=O. The fourth-order valence-corrected chi connectivity index (χ4v) is 2.00. The van der Waals surface area contributed by atoms with Crippen LogP contribution in [-0.4, -0.2) is 16.9 Å². The normalized spacial score (nSPS) is 20.1. The van der Waals surface area contributed by atoms with Crippen molar-refractivity contribution in [1.82, 2.24) is 10.6 Å². The van der Waals surface area contributed by atoms with Gasteiger partial charge in [0.15, 0.2) is 5.11 Å². The molecule has 1 rings (SSSR count). The Morgan fingerprint density at radius 2 is 1.81 bits per heavy atom. The summed E-state index contributed by atoms with van der Waals surface area (Å²) in [4.78, 5) is 24.0. The molecule has 1 aliphatic heterocycles. The number of rotatable bonds is 3. The Balaban J connectivity index is 3.11. The van der Waals surface area contributed by atoms with Gasteiger partial charge in [-0.2, -0.15) is 0 Å². The molecular formula is C11H16N2O2S. The second-order valence-electron chi connectivity index (χ2n) is 4.14. The van der Waals surface area contributed by atoms with Crippen molar-refractivity contribution >= 4 is 29.1 Å². The first-order valence-corrected chi connectivity index (χ1v) is 5.64. The molecule has 2 N–H and O–H groups in total. The summed E-state index contributed by atoms with van der Waals surface area (Å²) in [5.41, 5.74) is -1.05. The molecule has 0 unspecified atom stereocenters. The van der Waals surface area contributed by atoms with Gasteiger partial charge >= 0.3 is 0 Å². The molecule has 2 amide bonds. The van der Waals surface area contributed by atoms with Crippen molar-refractivity contribution < 1.29 is 9.59 Å². The Labute approximate surface area is 100 Å². The third-order valence-electron chi connectivity index (χ3n) is 2.93. The van der Waals surface area contributed by atoms with Crippen LogP contribution < -0.4 is 10.6 Å². The van der Waals surface area contributed by atoms with E-state index in [0.717, 1.165) is 0 Å². The zero-order valence-electron chi connectivity index (χ0n) is 9.66. The lowest BCUT2D eigenvalue weighted by Gasteiger charge is -2.37. The van der Waals surface area contributed by atoms with Crippen LogP contribution in [0.4, 0.5) is 0 Å². The summed E-state index contributed by atoms with van der Waals surface area (Å²) < 4.78 is 0. The second-order valence-corrected chi connectivity index (χ2v) is 4.54. The first-order chi connectivity index (χ1) is 7.45. The van der Waals surface area contributed by atoms with Crippen molar-refractivity contribution in [3.8, 4) is 0 Å². The molecule has 0 aromatic carbocycles. The third kappa shape index (κ3) is 2.00. The number of nitrogens with one attached hydrogen (secondary N) is 2.